The molecule has 1 atom stereocenters. The summed E-state index contributed by atoms with van der Waals surface area (Å²) in [7, 11) is 1.68. The van der Waals surface area contributed by atoms with Crippen LogP contribution in [0.5, 0.6) is 0 Å². The maximum atomic E-state index is 12.8. The van der Waals surface area contributed by atoms with E-state index in [1.807, 2.05) is 4.90 Å². The van der Waals surface area contributed by atoms with E-state index in [2.05, 4.69) is 16.3 Å². The Bertz CT molecular complexity index is 745. The highest BCUT2D eigenvalue weighted by Crippen LogP contribution is 2.37. The normalized spacial score (nSPS) is 26.7. The fraction of sp³-hybridized carbons (Fsp3) is 0.700. The standard InChI is InChI=1S/C20H27N3O3S/c1-21-18(24)15-9-26-20(10-22(15)8-13-5-6-13)11-23(12-20)19(25)17-7-14-3-2-4-16(14)27-17/h7,13,15H,2-6,8-12H2,1H3,(H,21,24). The molecule has 0 aromatic carbocycles. The molecule has 4 aliphatic rings. The number of nitrogens with zero attached hydrogens (tertiary/aromatic N) is 2. The van der Waals surface area contributed by atoms with Crippen LogP contribution in [0.1, 0.15) is 39.4 Å². The topological polar surface area (TPSA) is 61.9 Å². The molecule has 1 aromatic heterocycles. The van der Waals surface area contributed by atoms with Crippen molar-refractivity contribution in [1.29, 1.82) is 0 Å². The number of morpholine rings is 1. The highest BCUT2D eigenvalue weighted by molar-refractivity contribution is 7.14. The van der Waals surface area contributed by atoms with Gasteiger partial charge in [0.2, 0.25) is 5.91 Å². The Kier molecular flexibility index (Phi) is 4.29. The number of thiophene rings is 1. The van der Waals surface area contributed by atoms with Crippen LogP contribution in [0.4, 0.5) is 0 Å². The van der Waals surface area contributed by atoms with E-state index in [-0.39, 0.29) is 23.5 Å². The SMILES string of the molecule is CNC(=O)C1COC2(CN(C(=O)c3cc4c(s3)CCC4)C2)CN1CC1CC1. The van der Waals surface area contributed by atoms with Gasteiger partial charge in [0.1, 0.15) is 11.6 Å². The van der Waals surface area contributed by atoms with Gasteiger partial charge in [-0.3, -0.25) is 14.5 Å². The molecule has 1 saturated carbocycles. The van der Waals surface area contributed by atoms with Crippen LogP contribution >= 0.6 is 11.3 Å². The second-order valence-electron chi connectivity index (χ2n) is 8.57. The van der Waals surface area contributed by atoms with Gasteiger partial charge in [0, 0.05) is 25.0 Å². The molecule has 2 aliphatic carbocycles. The Morgan fingerprint density at radius 3 is 2.81 bits per heavy atom. The molecule has 27 heavy (non-hydrogen) atoms. The quantitative estimate of drug-likeness (QED) is 0.843. The zero-order valence-electron chi connectivity index (χ0n) is 15.8. The van der Waals surface area contributed by atoms with Gasteiger partial charge in [-0.2, -0.15) is 0 Å². The number of rotatable bonds is 4. The van der Waals surface area contributed by atoms with Gasteiger partial charge in [0.15, 0.2) is 0 Å². The van der Waals surface area contributed by atoms with Crippen molar-refractivity contribution >= 4 is 23.2 Å². The van der Waals surface area contributed by atoms with Crippen molar-refractivity contribution in [2.75, 3.05) is 39.8 Å². The van der Waals surface area contributed by atoms with Gasteiger partial charge in [-0.25, -0.2) is 0 Å². The number of likely N-dealkylation sites (tertiary alicyclic amines) is 1. The number of fused-ring (bicyclic) bond motifs is 1. The van der Waals surface area contributed by atoms with Gasteiger partial charge in [0.05, 0.1) is 24.6 Å². The van der Waals surface area contributed by atoms with E-state index in [1.165, 1.54) is 29.7 Å². The van der Waals surface area contributed by atoms with E-state index in [0.717, 1.165) is 36.7 Å². The summed E-state index contributed by atoms with van der Waals surface area (Å²) in [5.41, 5.74) is 1.08. The van der Waals surface area contributed by atoms with Crippen LogP contribution in [-0.2, 0) is 22.4 Å². The second kappa shape index (κ2) is 6.57. The molecule has 0 radical (unpaired) electrons. The van der Waals surface area contributed by atoms with Crippen LogP contribution in [0, 0.1) is 5.92 Å². The first-order valence-corrected chi connectivity index (χ1v) is 10.9. The summed E-state index contributed by atoms with van der Waals surface area (Å²) in [4.78, 5) is 31.6. The van der Waals surface area contributed by atoms with Crippen molar-refractivity contribution in [1.82, 2.24) is 15.1 Å². The number of aryl methyl sites for hydroxylation is 2. The number of hydrogen-bond acceptors (Lipinski definition) is 5. The number of amides is 2. The van der Waals surface area contributed by atoms with Crippen molar-refractivity contribution in [3.8, 4) is 0 Å². The van der Waals surface area contributed by atoms with E-state index in [1.54, 1.807) is 18.4 Å². The zero-order valence-corrected chi connectivity index (χ0v) is 16.6. The summed E-state index contributed by atoms with van der Waals surface area (Å²) in [5.74, 6) is 0.898. The van der Waals surface area contributed by atoms with Gasteiger partial charge in [-0.05, 0) is 49.7 Å². The van der Waals surface area contributed by atoms with Crippen molar-refractivity contribution in [2.24, 2.45) is 5.92 Å². The number of likely N-dealkylation sites (N-methyl/N-ethyl adjacent to an activating group) is 1. The van der Waals surface area contributed by atoms with Crippen molar-refractivity contribution in [3.63, 3.8) is 0 Å². The molecule has 1 spiro atoms. The summed E-state index contributed by atoms with van der Waals surface area (Å²) in [6.07, 6.45) is 5.98. The predicted molar refractivity (Wildman–Crippen MR) is 103 cm³/mol. The fourth-order valence-corrected chi connectivity index (χ4v) is 5.92. The Labute approximate surface area is 163 Å². The lowest BCUT2D eigenvalue weighted by Crippen LogP contribution is -2.73. The molecule has 6 nitrogen and oxygen atoms in total. The van der Waals surface area contributed by atoms with Crippen LogP contribution in [0.2, 0.25) is 0 Å². The molecule has 1 N–H and O–H groups in total. The molecule has 1 aromatic rings. The summed E-state index contributed by atoms with van der Waals surface area (Å²) in [6, 6.07) is 1.90. The molecule has 3 heterocycles. The Balaban J connectivity index is 1.24. The maximum absolute atomic E-state index is 12.8. The van der Waals surface area contributed by atoms with E-state index in [4.69, 9.17) is 4.74 Å². The van der Waals surface area contributed by atoms with Gasteiger partial charge < -0.3 is 15.0 Å². The summed E-state index contributed by atoms with van der Waals surface area (Å²) >= 11 is 1.67. The molecular formula is C20H27N3O3S. The minimum atomic E-state index is -0.297. The lowest BCUT2D eigenvalue weighted by molar-refractivity contribution is -0.191. The average Bonchev–Trinajstić information content (AvgIpc) is 3.18. The van der Waals surface area contributed by atoms with Crippen molar-refractivity contribution in [3.05, 3.63) is 21.4 Å². The third-order valence-electron chi connectivity index (χ3n) is 6.42. The minimum absolute atomic E-state index is 0.0332. The van der Waals surface area contributed by atoms with Crippen LogP contribution in [-0.4, -0.2) is 73.1 Å². The van der Waals surface area contributed by atoms with E-state index < -0.39 is 0 Å². The Hall–Kier alpha value is -1.44. The largest absolute Gasteiger partial charge is 0.368 e. The molecule has 2 aliphatic heterocycles. The number of ether oxygens (including phenoxy) is 1. The second-order valence-corrected chi connectivity index (χ2v) is 9.71. The first-order chi connectivity index (χ1) is 13.1. The first-order valence-electron chi connectivity index (χ1n) is 10.1. The lowest BCUT2D eigenvalue weighted by Gasteiger charge is -2.55. The zero-order chi connectivity index (χ0) is 18.6. The highest BCUT2D eigenvalue weighted by atomic mass is 32.1. The van der Waals surface area contributed by atoms with E-state index in [9.17, 15) is 9.59 Å². The third kappa shape index (κ3) is 3.19. The van der Waals surface area contributed by atoms with Gasteiger partial charge in [-0.1, -0.05) is 0 Å². The van der Waals surface area contributed by atoms with Crippen LogP contribution < -0.4 is 5.32 Å². The smallest absolute Gasteiger partial charge is 0.264 e. The van der Waals surface area contributed by atoms with Gasteiger partial charge in [-0.15, -0.1) is 11.3 Å². The number of carbonyl (C=O) groups excluding carboxylic acids is 2. The van der Waals surface area contributed by atoms with Crippen molar-refractivity contribution < 1.29 is 14.3 Å². The summed E-state index contributed by atoms with van der Waals surface area (Å²) < 4.78 is 6.15. The first kappa shape index (κ1) is 17.6. The minimum Gasteiger partial charge on any atom is -0.368 e. The van der Waals surface area contributed by atoms with E-state index in [0.29, 0.717) is 19.7 Å². The average molecular weight is 390 g/mol. The summed E-state index contributed by atoms with van der Waals surface area (Å²) in [5, 5.41) is 2.77. The lowest BCUT2D eigenvalue weighted by atomic mass is 9.90. The summed E-state index contributed by atoms with van der Waals surface area (Å²) in [6.45, 7) is 3.40. The molecule has 5 rings (SSSR count). The Morgan fingerprint density at radius 2 is 2.11 bits per heavy atom. The van der Waals surface area contributed by atoms with Crippen LogP contribution in [0.3, 0.4) is 0 Å². The Morgan fingerprint density at radius 1 is 1.30 bits per heavy atom. The highest BCUT2D eigenvalue weighted by Gasteiger charge is 2.52. The molecule has 1 unspecified atom stereocenters. The molecule has 0 bridgehead atoms. The van der Waals surface area contributed by atoms with Gasteiger partial charge >= 0.3 is 0 Å². The molecule has 2 saturated heterocycles. The third-order valence-corrected chi connectivity index (χ3v) is 7.65. The molecular weight excluding hydrogens is 362 g/mol. The number of hydrogen-bond donors (Lipinski definition) is 1. The predicted octanol–water partition coefficient (Wildman–Crippen LogP) is 1.29. The van der Waals surface area contributed by atoms with Crippen LogP contribution in [0.15, 0.2) is 6.07 Å². The van der Waals surface area contributed by atoms with E-state index >= 15 is 0 Å². The maximum Gasteiger partial charge on any atom is 0.264 e. The van der Waals surface area contributed by atoms with Crippen molar-refractivity contribution in [2.45, 2.75) is 43.7 Å². The fourth-order valence-electron chi connectivity index (χ4n) is 4.69. The van der Waals surface area contributed by atoms with Gasteiger partial charge in [0.25, 0.3) is 5.91 Å². The number of carbonyl (C=O) groups is 2. The monoisotopic (exact) mass is 389 g/mol. The number of nitrogens with one attached hydrogen (secondary N) is 1. The molecule has 146 valence electrons. The molecule has 3 fully saturated rings. The molecule has 2 amide bonds. The molecule has 7 heteroatoms. The van der Waals surface area contributed by atoms with Crippen LogP contribution in [0.25, 0.3) is 0 Å².